The molecule has 0 unspecified atom stereocenters. The molecule has 0 fully saturated rings. The van der Waals surface area contributed by atoms with E-state index in [1.54, 1.807) is 12.1 Å². The minimum Gasteiger partial charge on any atom is -0.120 e. The molecule has 1 rings (SSSR count). The Morgan fingerprint density at radius 1 is 1.00 bits per heavy atom. The van der Waals surface area contributed by atoms with Crippen molar-refractivity contribution in [1.82, 2.24) is 0 Å². The number of halogens is 3. The SMILES string of the molecule is CCCCCc1ccc(S(F)(F)F)cc1. The molecule has 86 valence electrons. The summed E-state index contributed by atoms with van der Waals surface area (Å²) in [5.41, 5.74) is 0.996. The normalized spacial score (nSPS) is 12.8. The van der Waals surface area contributed by atoms with Crippen molar-refractivity contribution in [1.29, 1.82) is 0 Å². The van der Waals surface area contributed by atoms with Crippen molar-refractivity contribution in [2.45, 2.75) is 37.5 Å². The lowest BCUT2D eigenvalue weighted by Crippen LogP contribution is -1.86. The number of benzene rings is 1. The van der Waals surface area contributed by atoms with Gasteiger partial charge in [-0.1, -0.05) is 31.9 Å². The molecule has 0 aliphatic heterocycles. The fourth-order valence-electron chi connectivity index (χ4n) is 1.39. The Hall–Kier alpha value is -0.640. The summed E-state index contributed by atoms with van der Waals surface area (Å²) in [5.74, 6) is 0. The predicted molar refractivity (Wildman–Crippen MR) is 58.9 cm³/mol. The molecule has 0 saturated heterocycles. The van der Waals surface area contributed by atoms with Gasteiger partial charge in [-0.05, 0) is 30.5 Å². The standard InChI is InChI=1S/C11H15F3S/c1-2-3-4-5-10-6-8-11(9-7-10)15(12,13)14/h6-9H,2-5H2,1H3. The zero-order chi connectivity index (χ0) is 11.3. The second-order valence-corrected chi connectivity index (χ2v) is 4.79. The first kappa shape index (κ1) is 12.4. The van der Waals surface area contributed by atoms with E-state index < -0.39 is 16.1 Å². The lowest BCUT2D eigenvalue weighted by Gasteiger charge is -2.10. The van der Waals surface area contributed by atoms with Gasteiger partial charge in [-0.15, -0.1) is 11.7 Å². The molecule has 0 radical (unpaired) electrons. The van der Waals surface area contributed by atoms with Crippen molar-refractivity contribution in [2.24, 2.45) is 0 Å². The van der Waals surface area contributed by atoms with E-state index in [-0.39, 0.29) is 0 Å². The van der Waals surface area contributed by atoms with Crippen LogP contribution in [0.2, 0.25) is 0 Å². The van der Waals surface area contributed by atoms with E-state index in [9.17, 15) is 11.7 Å². The number of rotatable bonds is 5. The van der Waals surface area contributed by atoms with Crippen LogP contribution in [-0.4, -0.2) is 0 Å². The first-order valence-electron chi connectivity index (χ1n) is 5.05. The monoisotopic (exact) mass is 236 g/mol. The molecule has 0 N–H and O–H groups in total. The molecule has 0 saturated carbocycles. The van der Waals surface area contributed by atoms with Crippen molar-refractivity contribution in [2.75, 3.05) is 0 Å². The summed E-state index contributed by atoms with van der Waals surface area (Å²) in [5, 5.41) is 0. The van der Waals surface area contributed by atoms with Crippen LogP contribution in [0, 0.1) is 0 Å². The zero-order valence-corrected chi connectivity index (χ0v) is 9.50. The van der Waals surface area contributed by atoms with E-state index in [1.807, 2.05) is 0 Å². The average Bonchev–Trinajstić information content (AvgIpc) is 2.18. The highest BCUT2D eigenvalue weighted by Crippen LogP contribution is 2.60. The van der Waals surface area contributed by atoms with Crippen LogP contribution in [0.25, 0.3) is 0 Å². The maximum Gasteiger partial charge on any atom is 0.237 e. The molecule has 0 atom stereocenters. The van der Waals surface area contributed by atoms with Crippen molar-refractivity contribution < 1.29 is 11.7 Å². The van der Waals surface area contributed by atoms with E-state index in [1.165, 1.54) is 12.1 Å². The molecule has 0 nitrogen and oxygen atoms in total. The quantitative estimate of drug-likeness (QED) is 0.613. The fourth-order valence-corrected chi connectivity index (χ4v) is 1.83. The summed E-state index contributed by atoms with van der Waals surface area (Å²) in [4.78, 5) is -0.484. The molecule has 0 aliphatic rings. The van der Waals surface area contributed by atoms with Gasteiger partial charge >= 0.3 is 0 Å². The lowest BCUT2D eigenvalue weighted by molar-refractivity contribution is 0.633. The highest BCUT2D eigenvalue weighted by atomic mass is 32.3. The Balaban J connectivity index is 2.57. The molecular formula is C11H15F3S. The third-order valence-electron chi connectivity index (χ3n) is 2.26. The minimum absolute atomic E-state index is 0.484. The largest absolute Gasteiger partial charge is 0.237 e. The van der Waals surface area contributed by atoms with Gasteiger partial charge in [-0.2, -0.15) is 0 Å². The van der Waals surface area contributed by atoms with Gasteiger partial charge in [0.05, 0.1) is 4.90 Å². The van der Waals surface area contributed by atoms with Gasteiger partial charge in [0.2, 0.25) is 11.2 Å². The second kappa shape index (κ2) is 5.45. The summed E-state index contributed by atoms with van der Waals surface area (Å²) in [6.45, 7) is 2.11. The summed E-state index contributed by atoms with van der Waals surface area (Å²) >= 11 is -5.04. The molecule has 15 heavy (non-hydrogen) atoms. The Morgan fingerprint density at radius 2 is 1.60 bits per heavy atom. The van der Waals surface area contributed by atoms with E-state index in [4.69, 9.17) is 0 Å². The van der Waals surface area contributed by atoms with Crippen molar-refractivity contribution in [3.05, 3.63) is 29.8 Å². The second-order valence-electron chi connectivity index (χ2n) is 3.51. The number of aryl methyl sites for hydroxylation is 1. The van der Waals surface area contributed by atoms with Crippen LogP contribution in [0.15, 0.2) is 29.2 Å². The third kappa shape index (κ3) is 4.16. The van der Waals surface area contributed by atoms with Crippen LogP contribution in [0.3, 0.4) is 0 Å². The van der Waals surface area contributed by atoms with Crippen molar-refractivity contribution >= 4 is 11.2 Å². The summed E-state index contributed by atoms with van der Waals surface area (Å²) in [6.07, 6.45) is 4.19. The van der Waals surface area contributed by atoms with Crippen LogP contribution in [-0.2, 0) is 6.42 Å². The highest BCUT2D eigenvalue weighted by molar-refractivity contribution is 8.20. The van der Waals surface area contributed by atoms with Gasteiger partial charge in [-0.3, -0.25) is 0 Å². The first-order chi connectivity index (χ1) is 7.04. The van der Waals surface area contributed by atoms with Crippen molar-refractivity contribution in [3.8, 4) is 0 Å². The smallest absolute Gasteiger partial charge is 0.120 e. The van der Waals surface area contributed by atoms with Gasteiger partial charge in [0, 0.05) is 0 Å². The Kier molecular flexibility index (Phi) is 4.51. The van der Waals surface area contributed by atoms with Gasteiger partial charge in [0.1, 0.15) is 0 Å². The number of hydrogen-bond donors (Lipinski definition) is 0. The highest BCUT2D eigenvalue weighted by Gasteiger charge is 2.23. The molecule has 0 aliphatic carbocycles. The van der Waals surface area contributed by atoms with Crippen LogP contribution in [0.1, 0.15) is 31.7 Å². The van der Waals surface area contributed by atoms with Crippen LogP contribution >= 0.6 is 11.2 Å². The zero-order valence-electron chi connectivity index (χ0n) is 8.68. The molecule has 0 aromatic heterocycles. The molecule has 4 heteroatoms. The Bertz CT molecular complexity index is 290. The summed E-state index contributed by atoms with van der Waals surface area (Å²) in [6, 6.07) is 5.56. The van der Waals surface area contributed by atoms with Gasteiger partial charge in [0.15, 0.2) is 0 Å². The molecule has 1 aromatic rings. The fraction of sp³-hybridized carbons (Fsp3) is 0.455. The number of unbranched alkanes of at least 4 members (excludes halogenated alkanes) is 2. The molecule has 0 spiro atoms. The third-order valence-corrected chi connectivity index (χ3v) is 3.07. The predicted octanol–water partition coefficient (Wildman–Crippen LogP) is 5.24. The lowest BCUT2D eigenvalue weighted by atomic mass is 10.1. The molecule has 0 bridgehead atoms. The van der Waals surface area contributed by atoms with Crippen LogP contribution < -0.4 is 0 Å². The average molecular weight is 236 g/mol. The van der Waals surface area contributed by atoms with Gasteiger partial charge in [-0.25, -0.2) is 0 Å². The molecular weight excluding hydrogens is 221 g/mol. The maximum absolute atomic E-state index is 12.3. The van der Waals surface area contributed by atoms with Gasteiger partial charge < -0.3 is 0 Å². The van der Waals surface area contributed by atoms with Crippen LogP contribution in [0.4, 0.5) is 11.7 Å². The van der Waals surface area contributed by atoms with E-state index in [0.29, 0.717) is 0 Å². The Morgan fingerprint density at radius 3 is 2.07 bits per heavy atom. The van der Waals surface area contributed by atoms with E-state index in [2.05, 4.69) is 6.92 Å². The first-order valence-corrected chi connectivity index (χ1v) is 6.38. The molecule has 0 heterocycles. The number of hydrogen-bond acceptors (Lipinski definition) is 0. The molecule has 0 amide bonds. The molecule has 1 aromatic carbocycles. The van der Waals surface area contributed by atoms with E-state index >= 15 is 0 Å². The van der Waals surface area contributed by atoms with E-state index in [0.717, 1.165) is 31.2 Å². The summed E-state index contributed by atoms with van der Waals surface area (Å²) < 4.78 is 36.9. The minimum atomic E-state index is -5.04. The Labute approximate surface area is 90.7 Å². The van der Waals surface area contributed by atoms with Crippen molar-refractivity contribution in [3.63, 3.8) is 0 Å². The maximum atomic E-state index is 12.3. The van der Waals surface area contributed by atoms with Gasteiger partial charge in [0.25, 0.3) is 0 Å². The topological polar surface area (TPSA) is 0 Å². The summed E-state index contributed by atoms with van der Waals surface area (Å²) in [7, 11) is 0. The van der Waals surface area contributed by atoms with Crippen LogP contribution in [0.5, 0.6) is 0 Å².